The highest BCUT2D eigenvalue weighted by atomic mass is 16.7. The molecular weight excluding hydrogens is 398 g/mol. The molecular formula is C24H19NO6. The molecule has 3 aromatic carbocycles. The van der Waals surface area contributed by atoms with Crippen LogP contribution in [0.3, 0.4) is 0 Å². The van der Waals surface area contributed by atoms with E-state index >= 15 is 0 Å². The van der Waals surface area contributed by atoms with E-state index in [0.717, 1.165) is 11.1 Å². The van der Waals surface area contributed by atoms with Gasteiger partial charge in [-0.1, -0.05) is 48.5 Å². The monoisotopic (exact) mass is 417 g/mol. The number of nitrogens with one attached hydrogen (secondary N) is 1. The molecule has 31 heavy (non-hydrogen) atoms. The van der Waals surface area contributed by atoms with Crippen LogP contribution >= 0.6 is 0 Å². The van der Waals surface area contributed by atoms with Gasteiger partial charge in [0.1, 0.15) is 12.0 Å². The van der Waals surface area contributed by atoms with Crippen molar-refractivity contribution in [2.75, 3.05) is 5.32 Å². The molecule has 0 fully saturated rings. The van der Waals surface area contributed by atoms with Crippen molar-refractivity contribution in [1.82, 2.24) is 0 Å². The third-order valence-electron chi connectivity index (χ3n) is 4.75. The Morgan fingerprint density at radius 3 is 2.35 bits per heavy atom. The highest BCUT2D eigenvalue weighted by Gasteiger charge is 2.26. The molecule has 1 amide bonds. The standard InChI is InChI=1S/C24H19NO6/c26-18-9-6-16(7-10-18)17-8-11-19(24(28)29)20(13-17)25-23(27)21-14-30-22(31-21)12-15-4-2-1-3-5-15/h1-11,13-14,22,26H,12H2,(H,25,27)(H,28,29). The van der Waals surface area contributed by atoms with Gasteiger partial charge < -0.3 is 25.0 Å². The molecule has 0 aliphatic carbocycles. The summed E-state index contributed by atoms with van der Waals surface area (Å²) in [5, 5.41) is 21.6. The number of carbonyl (C=O) groups is 2. The molecule has 0 saturated heterocycles. The van der Waals surface area contributed by atoms with Crippen molar-refractivity contribution in [2.45, 2.75) is 12.7 Å². The summed E-state index contributed by atoms with van der Waals surface area (Å²) in [6, 6.07) is 20.6. The molecule has 0 spiro atoms. The van der Waals surface area contributed by atoms with Crippen LogP contribution in [0.5, 0.6) is 5.75 Å². The number of amides is 1. The maximum Gasteiger partial charge on any atom is 0.337 e. The van der Waals surface area contributed by atoms with E-state index in [4.69, 9.17) is 9.47 Å². The fourth-order valence-corrected chi connectivity index (χ4v) is 3.19. The SMILES string of the molecule is O=C(Nc1cc(-c2ccc(O)cc2)ccc1C(=O)O)C1=COC(Cc2ccccc2)O1. The second-order valence-corrected chi connectivity index (χ2v) is 6.92. The van der Waals surface area contributed by atoms with Gasteiger partial charge in [-0.25, -0.2) is 4.79 Å². The fourth-order valence-electron chi connectivity index (χ4n) is 3.19. The van der Waals surface area contributed by atoms with E-state index in [9.17, 15) is 19.8 Å². The number of aromatic carboxylic acids is 1. The van der Waals surface area contributed by atoms with E-state index in [1.165, 1.54) is 24.5 Å². The second kappa shape index (κ2) is 8.62. The smallest absolute Gasteiger partial charge is 0.337 e. The van der Waals surface area contributed by atoms with Crippen molar-refractivity contribution in [3.05, 3.63) is 95.9 Å². The number of carboxylic acids is 1. The number of phenols is 1. The third kappa shape index (κ3) is 4.67. The van der Waals surface area contributed by atoms with Gasteiger partial charge in [-0.05, 0) is 41.0 Å². The number of carboxylic acid groups (broad SMARTS) is 1. The number of ether oxygens (including phenoxy) is 2. The lowest BCUT2D eigenvalue weighted by atomic mass is 10.0. The summed E-state index contributed by atoms with van der Waals surface area (Å²) in [6.45, 7) is 0. The summed E-state index contributed by atoms with van der Waals surface area (Å²) in [4.78, 5) is 24.3. The van der Waals surface area contributed by atoms with E-state index in [-0.39, 0.29) is 22.8 Å². The number of hydrogen-bond acceptors (Lipinski definition) is 5. The minimum Gasteiger partial charge on any atom is -0.508 e. The molecule has 0 aromatic heterocycles. The molecule has 0 bridgehead atoms. The number of aromatic hydroxyl groups is 1. The zero-order valence-corrected chi connectivity index (χ0v) is 16.3. The van der Waals surface area contributed by atoms with E-state index in [1.807, 2.05) is 30.3 Å². The van der Waals surface area contributed by atoms with E-state index < -0.39 is 18.2 Å². The van der Waals surface area contributed by atoms with Gasteiger partial charge in [0.05, 0.1) is 11.3 Å². The Kier molecular flexibility index (Phi) is 5.57. The number of benzene rings is 3. The van der Waals surface area contributed by atoms with E-state index in [0.29, 0.717) is 12.0 Å². The lowest BCUT2D eigenvalue weighted by molar-refractivity contribution is -0.118. The molecule has 3 aromatic rings. The topological polar surface area (TPSA) is 105 Å². The first-order chi connectivity index (χ1) is 15.0. The molecule has 156 valence electrons. The van der Waals surface area contributed by atoms with Crippen LogP contribution in [0.15, 0.2) is 84.8 Å². The van der Waals surface area contributed by atoms with Crippen molar-refractivity contribution < 1.29 is 29.3 Å². The van der Waals surface area contributed by atoms with Crippen LogP contribution in [-0.4, -0.2) is 28.4 Å². The zero-order valence-electron chi connectivity index (χ0n) is 16.3. The van der Waals surface area contributed by atoms with E-state index in [2.05, 4.69) is 5.32 Å². The lowest BCUT2D eigenvalue weighted by Crippen LogP contribution is -2.20. The van der Waals surface area contributed by atoms with Crippen molar-refractivity contribution >= 4 is 17.6 Å². The third-order valence-corrected chi connectivity index (χ3v) is 4.75. The van der Waals surface area contributed by atoms with Crippen LogP contribution < -0.4 is 5.32 Å². The van der Waals surface area contributed by atoms with Gasteiger partial charge in [-0.15, -0.1) is 0 Å². The molecule has 0 saturated carbocycles. The van der Waals surface area contributed by atoms with Crippen LogP contribution in [0, 0.1) is 0 Å². The molecule has 1 aliphatic heterocycles. The molecule has 1 atom stereocenters. The molecule has 7 nitrogen and oxygen atoms in total. The van der Waals surface area contributed by atoms with Crippen molar-refractivity contribution in [3.63, 3.8) is 0 Å². The highest BCUT2D eigenvalue weighted by molar-refractivity contribution is 6.07. The Bertz CT molecular complexity index is 1140. The number of anilines is 1. The van der Waals surface area contributed by atoms with Gasteiger partial charge in [-0.2, -0.15) is 0 Å². The molecule has 7 heteroatoms. The molecule has 1 heterocycles. The average Bonchev–Trinajstić information content (AvgIpc) is 3.23. The Morgan fingerprint density at radius 1 is 0.935 bits per heavy atom. The zero-order chi connectivity index (χ0) is 21.8. The van der Waals surface area contributed by atoms with Gasteiger partial charge in [0, 0.05) is 6.42 Å². The predicted octanol–water partition coefficient (Wildman–Crippen LogP) is 4.15. The first-order valence-electron chi connectivity index (χ1n) is 9.54. The molecule has 4 rings (SSSR count). The number of hydrogen-bond donors (Lipinski definition) is 3. The summed E-state index contributed by atoms with van der Waals surface area (Å²) in [6.07, 6.45) is 1.06. The molecule has 1 aliphatic rings. The predicted molar refractivity (Wildman–Crippen MR) is 113 cm³/mol. The van der Waals surface area contributed by atoms with Gasteiger partial charge in [0.25, 0.3) is 5.91 Å². The van der Waals surface area contributed by atoms with Gasteiger partial charge in [0.2, 0.25) is 12.0 Å². The Labute approximate surface area is 178 Å². The minimum atomic E-state index is -1.17. The largest absolute Gasteiger partial charge is 0.508 e. The Morgan fingerprint density at radius 2 is 1.65 bits per heavy atom. The molecule has 0 radical (unpaired) electrons. The first kappa shape index (κ1) is 20.0. The van der Waals surface area contributed by atoms with Crippen molar-refractivity contribution in [2.24, 2.45) is 0 Å². The minimum absolute atomic E-state index is 0.0349. The van der Waals surface area contributed by atoms with E-state index in [1.54, 1.807) is 24.3 Å². The maximum atomic E-state index is 12.7. The van der Waals surface area contributed by atoms with Crippen LogP contribution in [0.2, 0.25) is 0 Å². The van der Waals surface area contributed by atoms with Crippen LogP contribution in [0.4, 0.5) is 5.69 Å². The first-order valence-corrected chi connectivity index (χ1v) is 9.54. The summed E-state index contributed by atoms with van der Waals surface area (Å²) in [5.41, 5.74) is 2.50. The second-order valence-electron chi connectivity index (χ2n) is 6.92. The van der Waals surface area contributed by atoms with Crippen molar-refractivity contribution in [1.29, 1.82) is 0 Å². The normalized spacial score (nSPS) is 14.8. The fraction of sp³-hybridized carbons (Fsp3) is 0.0833. The summed E-state index contributed by atoms with van der Waals surface area (Å²) >= 11 is 0. The van der Waals surface area contributed by atoms with Crippen LogP contribution in [0.25, 0.3) is 11.1 Å². The Hall–Kier alpha value is -4.26. The van der Waals surface area contributed by atoms with Crippen molar-refractivity contribution in [3.8, 4) is 16.9 Å². The number of carbonyl (C=O) groups excluding carboxylic acids is 1. The van der Waals surface area contributed by atoms with Gasteiger partial charge in [0.15, 0.2) is 0 Å². The molecule has 1 unspecified atom stereocenters. The summed E-state index contributed by atoms with van der Waals surface area (Å²) in [5.74, 6) is -1.70. The van der Waals surface area contributed by atoms with Gasteiger partial charge in [-0.3, -0.25) is 4.79 Å². The number of rotatable bonds is 6. The number of phenolic OH excluding ortho intramolecular Hbond substituents is 1. The maximum absolute atomic E-state index is 12.7. The summed E-state index contributed by atoms with van der Waals surface area (Å²) in [7, 11) is 0. The highest BCUT2D eigenvalue weighted by Crippen LogP contribution is 2.28. The van der Waals surface area contributed by atoms with Gasteiger partial charge >= 0.3 is 5.97 Å². The summed E-state index contributed by atoms with van der Waals surface area (Å²) < 4.78 is 11.0. The molecule has 3 N–H and O–H groups in total. The quantitative estimate of drug-likeness (QED) is 0.556. The van der Waals surface area contributed by atoms with Crippen LogP contribution in [0.1, 0.15) is 15.9 Å². The Balaban J connectivity index is 1.50. The lowest BCUT2D eigenvalue weighted by Gasteiger charge is -2.13. The van der Waals surface area contributed by atoms with Crippen LogP contribution in [-0.2, 0) is 20.7 Å². The average molecular weight is 417 g/mol.